The molecule has 0 fully saturated rings. The minimum Gasteiger partial charge on any atom is -0.444 e. The first-order valence-electron chi connectivity index (χ1n) is 11.8. The number of benzene rings is 1. The predicted octanol–water partition coefficient (Wildman–Crippen LogP) is 2.23. The SMILES string of the molecule is CC(C)C[C@H](NC(=O)[C@H](Cc1c[nH]c2ccccc12)NC(=O)OC(C)(C)C)C(=O)N[C@H]([C]=O)C[C]=O. The molecule has 4 N–H and O–H groups in total. The number of hydrogen-bond acceptors (Lipinski definition) is 6. The molecule has 0 saturated heterocycles. The second-order valence-corrected chi connectivity index (χ2v) is 9.98. The third kappa shape index (κ3) is 8.83. The van der Waals surface area contributed by atoms with Gasteiger partial charge in [0.1, 0.15) is 23.7 Å². The number of aromatic nitrogens is 1. The van der Waals surface area contributed by atoms with Gasteiger partial charge in [0.25, 0.3) is 0 Å². The van der Waals surface area contributed by atoms with Crippen LogP contribution >= 0.6 is 0 Å². The average Bonchev–Trinajstić information content (AvgIpc) is 3.19. The van der Waals surface area contributed by atoms with E-state index in [9.17, 15) is 24.0 Å². The number of nitrogens with one attached hydrogen (secondary N) is 4. The zero-order valence-corrected chi connectivity index (χ0v) is 21.3. The van der Waals surface area contributed by atoms with Crippen molar-refractivity contribution in [3.05, 3.63) is 36.0 Å². The van der Waals surface area contributed by atoms with Gasteiger partial charge in [0, 0.05) is 29.9 Å². The molecule has 0 aliphatic heterocycles. The van der Waals surface area contributed by atoms with E-state index >= 15 is 0 Å². The molecule has 0 aliphatic carbocycles. The minimum absolute atomic E-state index is 0.0169. The summed E-state index contributed by atoms with van der Waals surface area (Å²) in [5.74, 6) is -1.22. The second-order valence-electron chi connectivity index (χ2n) is 9.98. The molecule has 0 spiro atoms. The molecule has 1 heterocycles. The number of amides is 3. The number of ether oxygens (including phenoxy) is 1. The number of aromatic amines is 1. The fourth-order valence-electron chi connectivity index (χ4n) is 3.63. The summed E-state index contributed by atoms with van der Waals surface area (Å²) in [6.45, 7) is 8.87. The molecule has 10 heteroatoms. The first-order valence-corrected chi connectivity index (χ1v) is 11.8. The van der Waals surface area contributed by atoms with E-state index in [0.29, 0.717) is 0 Å². The van der Waals surface area contributed by atoms with Crippen LogP contribution in [-0.4, -0.2) is 59.2 Å². The Morgan fingerprint density at radius 1 is 1.00 bits per heavy atom. The van der Waals surface area contributed by atoms with Crippen molar-refractivity contribution in [2.45, 2.75) is 77.6 Å². The number of para-hydroxylation sites is 1. The van der Waals surface area contributed by atoms with Gasteiger partial charge in [-0.3, -0.25) is 19.2 Å². The van der Waals surface area contributed by atoms with Gasteiger partial charge in [-0.15, -0.1) is 0 Å². The lowest BCUT2D eigenvalue weighted by atomic mass is 10.0. The van der Waals surface area contributed by atoms with Crippen molar-refractivity contribution in [3.63, 3.8) is 0 Å². The van der Waals surface area contributed by atoms with Gasteiger partial charge in [0.05, 0.1) is 0 Å². The van der Waals surface area contributed by atoms with Crippen LogP contribution < -0.4 is 16.0 Å². The Kier molecular flexibility index (Phi) is 10.2. The Morgan fingerprint density at radius 3 is 2.28 bits per heavy atom. The highest BCUT2D eigenvalue weighted by Gasteiger charge is 2.30. The van der Waals surface area contributed by atoms with E-state index in [1.54, 1.807) is 39.5 Å². The van der Waals surface area contributed by atoms with Gasteiger partial charge in [-0.2, -0.15) is 0 Å². The molecule has 2 aromatic rings. The molecule has 0 aliphatic rings. The van der Waals surface area contributed by atoms with Crippen molar-refractivity contribution >= 4 is 41.4 Å². The maximum atomic E-state index is 13.4. The molecule has 0 unspecified atom stereocenters. The summed E-state index contributed by atoms with van der Waals surface area (Å²) < 4.78 is 5.34. The third-order valence-electron chi connectivity index (χ3n) is 5.19. The summed E-state index contributed by atoms with van der Waals surface area (Å²) in [5.41, 5.74) is 0.898. The summed E-state index contributed by atoms with van der Waals surface area (Å²) in [4.78, 5) is 63.6. The standard InChI is InChI=1S/C26H34N4O6/c1-16(2)12-21(23(33)28-18(15-32)10-11-31)29-24(34)22(30-25(35)36-26(3,4)5)13-17-14-27-20-9-7-6-8-19(17)20/h6-9,14,16,18,21-22,27H,10,12-13H2,1-5H3,(H,28,33)(H,29,34)(H,30,35)/t18-,21-,22-/m0/s1. The van der Waals surface area contributed by atoms with Crippen molar-refractivity contribution in [3.8, 4) is 0 Å². The number of fused-ring (bicyclic) bond motifs is 1. The maximum Gasteiger partial charge on any atom is 0.408 e. The van der Waals surface area contributed by atoms with Crippen LogP contribution in [0.4, 0.5) is 4.79 Å². The quantitative estimate of drug-likeness (QED) is 0.353. The van der Waals surface area contributed by atoms with Gasteiger partial charge in [-0.05, 0) is 44.7 Å². The van der Waals surface area contributed by atoms with Gasteiger partial charge >= 0.3 is 6.09 Å². The Bertz CT molecular complexity index is 1070. The zero-order valence-electron chi connectivity index (χ0n) is 21.3. The van der Waals surface area contributed by atoms with E-state index in [1.165, 1.54) is 0 Å². The molecule has 194 valence electrons. The maximum absolute atomic E-state index is 13.4. The van der Waals surface area contributed by atoms with E-state index in [1.807, 2.05) is 38.1 Å². The van der Waals surface area contributed by atoms with Crippen molar-refractivity contribution in [1.82, 2.24) is 20.9 Å². The van der Waals surface area contributed by atoms with Crippen LogP contribution in [0.5, 0.6) is 0 Å². The van der Waals surface area contributed by atoms with Crippen LogP contribution in [0.15, 0.2) is 30.5 Å². The third-order valence-corrected chi connectivity index (χ3v) is 5.19. The van der Waals surface area contributed by atoms with Crippen LogP contribution in [0.3, 0.4) is 0 Å². The fourth-order valence-corrected chi connectivity index (χ4v) is 3.63. The highest BCUT2D eigenvalue weighted by atomic mass is 16.6. The molecule has 0 bridgehead atoms. The van der Waals surface area contributed by atoms with Gasteiger partial charge < -0.3 is 25.7 Å². The molecule has 1 aromatic carbocycles. The number of carbonyl (C=O) groups is 3. The normalized spacial score (nSPS) is 13.9. The van der Waals surface area contributed by atoms with E-state index in [0.717, 1.165) is 16.5 Å². The molecule has 2 radical (unpaired) electrons. The lowest BCUT2D eigenvalue weighted by Gasteiger charge is -2.26. The number of H-pyrrole nitrogens is 1. The van der Waals surface area contributed by atoms with Crippen LogP contribution in [0.1, 0.15) is 53.0 Å². The first-order chi connectivity index (χ1) is 16.9. The van der Waals surface area contributed by atoms with Gasteiger partial charge in [0.2, 0.25) is 24.4 Å². The summed E-state index contributed by atoms with van der Waals surface area (Å²) in [7, 11) is 0. The van der Waals surface area contributed by atoms with Crippen LogP contribution in [0.25, 0.3) is 10.9 Å². The zero-order chi connectivity index (χ0) is 26.9. The van der Waals surface area contributed by atoms with Gasteiger partial charge in [-0.1, -0.05) is 32.0 Å². The second kappa shape index (κ2) is 12.9. The topological polar surface area (TPSA) is 146 Å². The number of hydrogen-bond donors (Lipinski definition) is 4. The van der Waals surface area contributed by atoms with Gasteiger partial charge in [-0.25, -0.2) is 4.79 Å². The van der Waals surface area contributed by atoms with Crippen molar-refractivity contribution in [1.29, 1.82) is 0 Å². The summed E-state index contributed by atoms with van der Waals surface area (Å²) in [6, 6.07) is 4.32. The summed E-state index contributed by atoms with van der Waals surface area (Å²) >= 11 is 0. The Balaban J connectivity index is 2.27. The molecular formula is C26H34N4O6. The monoisotopic (exact) mass is 498 g/mol. The van der Waals surface area contributed by atoms with Crippen molar-refractivity contribution in [2.24, 2.45) is 5.92 Å². The molecule has 1 aromatic heterocycles. The molecule has 10 nitrogen and oxygen atoms in total. The highest BCUT2D eigenvalue weighted by molar-refractivity contribution is 5.93. The van der Waals surface area contributed by atoms with Gasteiger partial charge in [0.15, 0.2) is 0 Å². The van der Waals surface area contributed by atoms with E-state index in [2.05, 4.69) is 20.9 Å². The van der Waals surface area contributed by atoms with E-state index in [4.69, 9.17) is 4.74 Å². The molecule has 36 heavy (non-hydrogen) atoms. The highest BCUT2D eigenvalue weighted by Crippen LogP contribution is 2.20. The van der Waals surface area contributed by atoms with Crippen molar-refractivity contribution in [2.75, 3.05) is 0 Å². The first kappa shape index (κ1) is 28.5. The summed E-state index contributed by atoms with van der Waals surface area (Å²) in [6.07, 6.45) is 4.19. The largest absolute Gasteiger partial charge is 0.444 e. The van der Waals surface area contributed by atoms with E-state index in [-0.39, 0.29) is 25.2 Å². The average molecular weight is 499 g/mol. The predicted molar refractivity (Wildman–Crippen MR) is 134 cm³/mol. The molecular weight excluding hydrogens is 464 g/mol. The number of rotatable bonds is 12. The Labute approximate surface area is 210 Å². The van der Waals surface area contributed by atoms with E-state index < -0.39 is 41.6 Å². The smallest absolute Gasteiger partial charge is 0.408 e. The van der Waals surface area contributed by atoms with Crippen molar-refractivity contribution < 1.29 is 28.7 Å². The lowest BCUT2D eigenvalue weighted by molar-refractivity contribution is -0.130. The molecule has 3 amide bonds. The number of carbonyl (C=O) groups excluding carboxylic acids is 5. The van der Waals surface area contributed by atoms with Crippen LogP contribution in [-0.2, 0) is 30.3 Å². The molecule has 0 saturated carbocycles. The Hall–Kier alpha value is -3.69. The minimum atomic E-state index is -1.16. The fraction of sp³-hybridized carbons (Fsp3) is 0.500. The van der Waals surface area contributed by atoms with Crippen LogP contribution in [0, 0.1) is 5.92 Å². The van der Waals surface area contributed by atoms with Crippen LogP contribution in [0.2, 0.25) is 0 Å². The molecule has 3 atom stereocenters. The Morgan fingerprint density at radius 2 is 1.67 bits per heavy atom. The lowest BCUT2D eigenvalue weighted by Crippen LogP contribution is -2.56. The summed E-state index contributed by atoms with van der Waals surface area (Å²) in [5, 5.41) is 8.60. The molecule has 2 rings (SSSR count). The number of alkyl carbamates (subject to hydrolysis) is 1.